The predicted molar refractivity (Wildman–Crippen MR) is 74.3 cm³/mol. The van der Waals surface area contributed by atoms with Gasteiger partial charge in [0.15, 0.2) is 0 Å². The van der Waals surface area contributed by atoms with E-state index in [1.165, 1.54) is 0 Å². The molecule has 5 heteroatoms. The molecule has 1 fully saturated rings. The van der Waals surface area contributed by atoms with E-state index < -0.39 is 10.8 Å². The Bertz CT molecular complexity index is 439. The number of hydrogen-bond acceptors (Lipinski definition) is 2. The number of nitrogens with one attached hydrogen (secondary N) is 1. The average Bonchev–Trinajstić information content (AvgIpc) is 2.44. The maximum Gasteiger partial charge on any atom is 0.0455 e. The average molecular weight is 292 g/mol. The number of hydrogen-bond donors (Lipinski definition) is 1. The van der Waals surface area contributed by atoms with Crippen molar-refractivity contribution in [1.82, 2.24) is 5.32 Å². The molecule has 1 saturated heterocycles. The molecule has 17 heavy (non-hydrogen) atoms. The summed E-state index contributed by atoms with van der Waals surface area (Å²) in [5.41, 5.74) is 0.946. The molecule has 1 heterocycles. The van der Waals surface area contributed by atoms with Gasteiger partial charge in [-0.15, -0.1) is 0 Å². The molecule has 1 aromatic rings. The summed E-state index contributed by atoms with van der Waals surface area (Å²) in [5, 5.41) is 4.80. The molecule has 0 radical (unpaired) electrons. The van der Waals surface area contributed by atoms with Crippen molar-refractivity contribution in [2.24, 2.45) is 0 Å². The van der Waals surface area contributed by atoms with Crippen LogP contribution in [-0.4, -0.2) is 21.8 Å². The second kappa shape index (κ2) is 5.70. The van der Waals surface area contributed by atoms with Crippen LogP contribution in [0.25, 0.3) is 0 Å². The molecule has 2 nitrogen and oxygen atoms in total. The normalized spacial score (nSPS) is 29.9. The van der Waals surface area contributed by atoms with Gasteiger partial charge in [0.25, 0.3) is 0 Å². The van der Waals surface area contributed by atoms with Crippen LogP contribution in [0, 0.1) is 0 Å². The third kappa shape index (κ3) is 3.44. The van der Waals surface area contributed by atoms with Crippen LogP contribution < -0.4 is 5.32 Å². The fourth-order valence-corrected chi connectivity index (χ4v) is 3.87. The largest absolute Gasteiger partial charge is 0.307 e. The summed E-state index contributed by atoms with van der Waals surface area (Å²) < 4.78 is 11.8. The molecular formula is C12H15Cl2NOS. The Balaban J connectivity index is 2.30. The molecule has 0 amide bonds. The third-order valence-electron chi connectivity index (χ3n) is 2.95. The first-order chi connectivity index (χ1) is 8.06. The summed E-state index contributed by atoms with van der Waals surface area (Å²) in [6.07, 6.45) is 0.932. The summed E-state index contributed by atoms with van der Waals surface area (Å²) in [5.74, 6) is 1.35. The summed E-state index contributed by atoms with van der Waals surface area (Å²) in [6.45, 7) is 2.11. The van der Waals surface area contributed by atoms with E-state index in [0.717, 1.165) is 17.7 Å². The molecule has 1 aliphatic heterocycles. The van der Waals surface area contributed by atoms with Crippen molar-refractivity contribution in [1.29, 1.82) is 0 Å². The third-order valence-corrected chi connectivity index (χ3v) is 4.93. The Kier molecular flexibility index (Phi) is 4.47. The highest BCUT2D eigenvalue weighted by molar-refractivity contribution is 7.85. The maximum atomic E-state index is 11.8. The Morgan fingerprint density at radius 1 is 1.41 bits per heavy atom. The van der Waals surface area contributed by atoms with Crippen molar-refractivity contribution in [3.63, 3.8) is 0 Å². The molecule has 1 N–H and O–H groups in total. The van der Waals surface area contributed by atoms with Crippen LogP contribution in [0.2, 0.25) is 10.0 Å². The zero-order valence-corrected chi connectivity index (χ0v) is 11.9. The molecule has 3 atom stereocenters. The van der Waals surface area contributed by atoms with Gasteiger partial charge in [-0.25, -0.2) is 0 Å². The van der Waals surface area contributed by atoms with E-state index in [2.05, 4.69) is 12.2 Å². The summed E-state index contributed by atoms with van der Waals surface area (Å²) in [4.78, 5) is 0. The second-order valence-corrected chi connectivity index (χ2v) is 6.85. The van der Waals surface area contributed by atoms with Gasteiger partial charge in [0, 0.05) is 44.4 Å². The highest BCUT2D eigenvalue weighted by Gasteiger charge is 2.23. The Morgan fingerprint density at radius 2 is 2.18 bits per heavy atom. The highest BCUT2D eigenvalue weighted by Crippen LogP contribution is 2.28. The number of halogens is 2. The number of rotatable bonds is 1. The molecule has 94 valence electrons. The monoisotopic (exact) mass is 291 g/mol. The van der Waals surface area contributed by atoms with Gasteiger partial charge in [-0.2, -0.15) is 0 Å². The summed E-state index contributed by atoms with van der Waals surface area (Å²) in [6, 6.07) is 5.79. The predicted octanol–water partition coefficient (Wildman–Crippen LogP) is 3.17. The first kappa shape index (κ1) is 13.3. The minimum Gasteiger partial charge on any atom is -0.307 e. The zero-order valence-electron chi connectivity index (χ0n) is 9.58. The quantitative estimate of drug-likeness (QED) is 0.861. The Hall–Kier alpha value is -0.0900. The first-order valence-electron chi connectivity index (χ1n) is 5.62. The lowest BCUT2D eigenvalue weighted by atomic mass is 10.1. The molecule has 0 saturated carbocycles. The van der Waals surface area contributed by atoms with Crippen molar-refractivity contribution in [2.45, 2.75) is 25.4 Å². The van der Waals surface area contributed by atoms with Crippen molar-refractivity contribution in [3.05, 3.63) is 33.8 Å². The van der Waals surface area contributed by atoms with Gasteiger partial charge in [0.2, 0.25) is 0 Å². The standard InChI is InChI=1S/C12H15Cl2NOS/c1-8-4-5-17(16)7-12(15-8)10-6-9(13)2-3-11(10)14/h2-3,6,8,12,15H,4-5,7H2,1H3. The fourth-order valence-electron chi connectivity index (χ4n) is 2.01. The van der Waals surface area contributed by atoms with E-state index >= 15 is 0 Å². The van der Waals surface area contributed by atoms with Gasteiger partial charge in [-0.3, -0.25) is 4.21 Å². The minimum absolute atomic E-state index is 0.0273. The lowest BCUT2D eigenvalue weighted by molar-refractivity contribution is 0.485. The van der Waals surface area contributed by atoms with Crippen LogP contribution in [0.4, 0.5) is 0 Å². The van der Waals surface area contributed by atoms with Crippen molar-refractivity contribution < 1.29 is 4.21 Å². The molecule has 0 aromatic heterocycles. The Morgan fingerprint density at radius 3 is 2.94 bits per heavy atom. The smallest absolute Gasteiger partial charge is 0.0455 e. The van der Waals surface area contributed by atoms with Crippen LogP contribution >= 0.6 is 23.2 Å². The zero-order chi connectivity index (χ0) is 12.4. The van der Waals surface area contributed by atoms with E-state index in [-0.39, 0.29) is 6.04 Å². The van der Waals surface area contributed by atoms with Crippen LogP contribution in [0.5, 0.6) is 0 Å². The maximum absolute atomic E-state index is 11.8. The van der Waals surface area contributed by atoms with Crippen LogP contribution in [0.3, 0.4) is 0 Å². The summed E-state index contributed by atoms with van der Waals surface area (Å²) >= 11 is 12.2. The molecular weight excluding hydrogens is 277 g/mol. The SMILES string of the molecule is CC1CCS(=O)CC(c2cc(Cl)ccc2Cl)N1. The van der Waals surface area contributed by atoms with Gasteiger partial charge >= 0.3 is 0 Å². The molecule has 0 bridgehead atoms. The van der Waals surface area contributed by atoms with Gasteiger partial charge < -0.3 is 5.32 Å². The van der Waals surface area contributed by atoms with Gasteiger partial charge in [-0.05, 0) is 37.1 Å². The summed E-state index contributed by atoms with van der Waals surface area (Å²) in [7, 11) is -0.788. The minimum atomic E-state index is -0.788. The van der Waals surface area contributed by atoms with Crippen LogP contribution in [0.1, 0.15) is 24.9 Å². The highest BCUT2D eigenvalue weighted by atomic mass is 35.5. The molecule has 3 unspecified atom stereocenters. The van der Waals surface area contributed by atoms with Crippen LogP contribution in [0.15, 0.2) is 18.2 Å². The lowest BCUT2D eigenvalue weighted by Crippen LogP contribution is -2.30. The van der Waals surface area contributed by atoms with E-state index in [9.17, 15) is 4.21 Å². The van der Waals surface area contributed by atoms with Gasteiger partial charge in [0.1, 0.15) is 0 Å². The molecule has 1 aliphatic rings. The fraction of sp³-hybridized carbons (Fsp3) is 0.500. The van der Waals surface area contributed by atoms with Crippen LogP contribution in [-0.2, 0) is 10.8 Å². The van der Waals surface area contributed by atoms with E-state index in [1.807, 2.05) is 6.07 Å². The molecule has 2 rings (SSSR count). The van der Waals surface area contributed by atoms with Gasteiger partial charge in [0.05, 0.1) is 0 Å². The molecule has 1 aromatic carbocycles. The second-order valence-electron chi connectivity index (χ2n) is 4.39. The van der Waals surface area contributed by atoms with E-state index in [4.69, 9.17) is 23.2 Å². The van der Waals surface area contributed by atoms with Crippen molar-refractivity contribution in [3.8, 4) is 0 Å². The first-order valence-corrected chi connectivity index (χ1v) is 7.86. The molecule has 0 aliphatic carbocycles. The van der Waals surface area contributed by atoms with Crippen molar-refractivity contribution >= 4 is 34.0 Å². The van der Waals surface area contributed by atoms with E-state index in [1.54, 1.807) is 12.1 Å². The van der Waals surface area contributed by atoms with Gasteiger partial charge in [-0.1, -0.05) is 23.2 Å². The topological polar surface area (TPSA) is 29.1 Å². The Labute approximate surface area is 114 Å². The number of benzene rings is 1. The molecule has 0 spiro atoms. The van der Waals surface area contributed by atoms with Crippen molar-refractivity contribution in [2.75, 3.05) is 11.5 Å². The lowest BCUT2D eigenvalue weighted by Gasteiger charge is -2.20. The van der Waals surface area contributed by atoms with E-state index in [0.29, 0.717) is 21.8 Å².